The second-order valence-electron chi connectivity index (χ2n) is 6.02. The molecule has 1 aromatic heterocycles. The number of benzene rings is 1. The highest BCUT2D eigenvalue weighted by Gasteiger charge is 2.14. The van der Waals surface area contributed by atoms with Gasteiger partial charge >= 0.3 is 0 Å². The van der Waals surface area contributed by atoms with E-state index in [0.717, 1.165) is 28.9 Å². The summed E-state index contributed by atoms with van der Waals surface area (Å²) >= 11 is 0. The Morgan fingerprint density at radius 3 is 2.38 bits per heavy atom. The number of nitrogens with zero attached hydrogens (tertiary/aromatic N) is 1. The summed E-state index contributed by atoms with van der Waals surface area (Å²) in [7, 11) is 0. The number of pyridine rings is 1. The van der Waals surface area contributed by atoms with Crippen molar-refractivity contribution in [2.24, 2.45) is 5.92 Å². The largest absolute Gasteiger partial charge is 0.396 e. The first-order valence-electron chi connectivity index (χ1n) is 7.53. The maximum absolute atomic E-state index is 9.38. The van der Waals surface area contributed by atoms with Crippen LogP contribution in [0.2, 0.25) is 0 Å². The van der Waals surface area contributed by atoms with Gasteiger partial charge in [-0.25, -0.2) is 0 Å². The molecule has 0 fully saturated rings. The van der Waals surface area contributed by atoms with Gasteiger partial charge in [-0.1, -0.05) is 43.7 Å². The Bertz CT molecular complexity index is 600. The van der Waals surface area contributed by atoms with E-state index in [1.165, 1.54) is 11.1 Å². The van der Waals surface area contributed by atoms with Crippen molar-refractivity contribution >= 4 is 0 Å². The van der Waals surface area contributed by atoms with Crippen LogP contribution in [0.15, 0.2) is 30.3 Å². The maximum atomic E-state index is 9.38. The van der Waals surface area contributed by atoms with Crippen LogP contribution in [-0.4, -0.2) is 16.7 Å². The zero-order valence-corrected chi connectivity index (χ0v) is 13.4. The fraction of sp³-hybridized carbons (Fsp3) is 0.368. The molecule has 1 N–H and O–H groups in total. The molecule has 0 bridgehead atoms. The first-order chi connectivity index (χ1) is 10.0. The zero-order valence-electron chi connectivity index (χ0n) is 13.4. The van der Waals surface area contributed by atoms with Crippen molar-refractivity contribution in [3.63, 3.8) is 0 Å². The second kappa shape index (κ2) is 6.86. The van der Waals surface area contributed by atoms with E-state index in [4.69, 9.17) is 4.98 Å². The topological polar surface area (TPSA) is 33.1 Å². The third kappa shape index (κ3) is 3.92. The molecule has 2 rings (SSSR count). The smallest absolute Gasteiger partial charge is 0.0507 e. The second-order valence-corrected chi connectivity index (χ2v) is 6.02. The molecule has 0 aliphatic heterocycles. The highest BCUT2D eigenvalue weighted by atomic mass is 16.2. The van der Waals surface area contributed by atoms with Crippen molar-refractivity contribution < 1.29 is 5.11 Å². The van der Waals surface area contributed by atoms with Crippen LogP contribution < -0.4 is 0 Å². The average Bonchev–Trinajstić information content (AvgIpc) is 2.42. The molecule has 0 aliphatic rings. The number of hydrogen-bond acceptors (Lipinski definition) is 2. The van der Waals surface area contributed by atoms with Crippen LogP contribution in [-0.2, 0) is 6.42 Å². The van der Waals surface area contributed by atoms with Crippen LogP contribution in [0.3, 0.4) is 0 Å². The molecule has 2 heteroatoms. The molecule has 111 valence electrons. The molecule has 0 saturated carbocycles. The summed E-state index contributed by atoms with van der Waals surface area (Å²) < 4.78 is 0. The van der Waals surface area contributed by atoms with Gasteiger partial charge in [0.2, 0.25) is 0 Å². The van der Waals surface area contributed by atoms with Gasteiger partial charge in [0.05, 0.1) is 6.61 Å². The highest BCUT2D eigenvalue weighted by molar-refractivity contribution is 5.70. The van der Waals surface area contributed by atoms with Crippen molar-refractivity contribution in [2.75, 3.05) is 6.61 Å². The van der Waals surface area contributed by atoms with E-state index in [1.807, 2.05) is 13.3 Å². The van der Waals surface area contributed by atoms with Gasteiger partial charge in [-0.05, 0) is 48.9 Å². The van der Waals surface area contributed by atoms with Gasteiger partial charge in [0, 0.05) is 17.8 Å². The molecule has 0 amide bonds. The lowest BCUT2D eigenvalue weighted by Crippen LogP contribution is -2.06. The molecule has 0 atom stereocenters. The number of aromatic nitrogens is 1. The quantitative estimate of drug-likeness (QED) is 0.895. The molecule has 1 aromatic carbocycles. The van der Waals surface area contributed by atoms with Gasteiger partial charge in [0.25, 0.3) is 0 Å². The third-order valence-electron chi connectivity index (χ3n) is 3.53. The molecule has 2 nitrogen and oxygen atoms in total. The zero-order chi connectivity index (χ0) is 15.4. The summed E-state index contributed by atoms with van der Waals surface area (Å²) in [6, 6.07) is 10.6. The van der Waals surface area contributed by atoms with Crippen molar-refractivity contribution in [3.8, 4) is 11.1 Å². The molecule has 1 radical (unpaired) electrons. The Hall–Kier alpha value is -1.67. The molecule has 0 spiro atoms. The monoisotopic (exact) mass is 282 g/mol. The number of hydrogen-bond donors (Lipinski definition) is 1. The first kappa shape index (κ1) is 15.7. The van der Waals surface area contributed by atoms with Crippen LogP contribution in [0, 0.1) is 26.2 Å². The van der Waals surface area contributed by atoms with Gasteiger partial charge < -0.3 is 5.11 Å². The first-order valence-corrected chi connectivity index (χ1v) is 7.53. The van der Waals surface area contributed by atoms with Crippen molar-refractivity contribution in [3.05, 3.63) is 59.3 Å². The standard InChI is InChI=1S/C19H24NO/c1-13(2)11-19-17(9-10-21)18(12-15(4)20-19)16-7-5-14(3)6-8-16/h5-9,12-13,21H,10-11H2,1-4H3. The Kier molecular flexibility index (Phi) is 5.13. The van der Waals surface area contributed by atoms with Crippen LogP contribution >= 0.6 is 0 Å². The SMILES string of the molecule is Cc1ccc(-c2cc(C)nc(CC(C)C)c2[CH]CO)cc1. The Morgan fingerprint density at radius 2 is 1.81 bits per heavy atom. The van der Waals surface area contributed by atoms with Gasteiger partial charge in [0.1, 0.15) is 0 Å². The Morgan fingerprint density at radius 1 is 1.14 bits per heavy atom. The lowest BCUT2D eigenvalue weighted by molar-refractivity contribution is 0.331. The predicted octanol–water partition coefficient (Wildman–Crippen LogP) is 4.11. The van der Waals surface area contributed by atoms with Gasteiger partial charge in [-0.3, -0.25) is 4.98 Å². The average molecular weight is 282 g/mol. The van der Waals surface area contributed by atoms with E-state index < -0.39 is 0 Å². The number of aliphatic hydroxyl groups excluding tert-OH is 1. The summed E-state index contributed by atoms with van der Waals surface area (Å²) in [5.74, 6) is 0.538. The number of rotatable bonds is 5. The minimum Gasteiger partial charge on any atom is -0.396 e. The summed E-state index contributed by atoms with van der Waals surface area (Å²) in [6.45, 7) is 8.54. The maximum Gasteiger partial charge on any atom is 0.0507 e. The van der Waals surface area contributed by atoms with Crippen LogP contribution in [0.25, 0.3) is 11.1 Å². The van der Waals surface area contributed by atoms with E-state index in [9.17, 15) is 5.11 Å². The molecular weight excluding hydrogens is 258 g/mol. The summed E-state index contributed by atoms with van der Waals surface area (Å²) in [6.07, 6.45) is 2.80. The van der Waals surface area contributed by atoms with Crippen molar-refractivity contribution in [2.45, 2.75) is 34.1 Å². The summed E-state index contributed by atoms with van der Waals surface area (Å²) in [5, 5.41) is 9.38. The molecule has 21 heavy (non-hydrogen) atoms. The number of aryl methyl sites for hydroxylation is 2. The molecule has 0 saturated heterocycles. The molecular formula is C19H24NO. The lowest BCUT2D eigenvalue weighted by atomic mass is 9.92. The van der Waals surface area contributed by atoms with E-state index in [0.29, 0.717) is 5.92 Å². The van der Waals surface area contributed by atoms with E-state index in [2.05, 4.69) is 51.1 Å². The summed E-state index contributed by atoms with van der Waals surface area (Å²) in [4.78, 5) is 4.69. The van der Waals surface area contributed by atoms with E-state index in [-0.39, 0.29) is 6.61 Å². The predicted molar refractivity (Wildman–Crippen MR) is 88.2 cm³/mol. The van der Waals surface area contributed by atoms with Crippen molar-refractivity contribution in [1.82, 2.24) is 4.98 Å². The van der Waals surface area contributed by atoms with Crippen LogP contribution in [0.4, 0.5) is 0 Å². The van der Waals surface area contributed by atoms with Crippen molar-refractivity contribution in [1.29, 1.82) is 0 Å². The highest BCUT2D eigenvalue weighted by Crippen LogP contribution is 2.29. The Balaban J connectivity index is 2.57. The van der Waals surface area contributed by atoms with E-state index >= 15 is 0 Å². The van der Waals surface area contributed by atoms with Gasteiger partial charge in [-0.15, -0.1) is 0 Å². The minimum atomic E-state index is 0.0364. The van der Waals surface area contributed by atoms with E-state index in [1.54, 1.807) is 0 Å². The van der Waals surface area contributed by atoms with Gasteiger partial charge in [-0.2, -0.15) is 0 Å². The molecule has 1 heterocycles. The fourth-order valence-corrected chi connectivity index (χ4v) is 2.58. The molecule has 2 aromatic rings. The minimum absolute atomic E-state index is 0.0364. The summed E-state index contributed by atoms with van der Waals surface area (Å²) in [5.41, 5.74) is 6.76. The number of aliphatic hydroxyl groups is 1. The molecule has 0 unspecified atom stereocenters. The van der Waals surface area contributed by atoms with Crippen LogP contribution in [0.1, 0.15) is 36.4 Å². The lowest BCUT2D eigenvalue weighted by Gasteiger charge is -2.16. The fourth-order valence-electron chi connectivity index (χ4n) is 2.58. The normalized spacial score (nSPS) is 11.1. The Labute approximate surface area is 127 Å². The third-order valence-corrected chi connectivity index (χ3v) is 3.53. The van der Waals surface area contributed by atoms with Gasteiger partial charge in [0.15, 0.2) is 0 Å². The van der Waals surface area contributed by atoms with Crippen LogP contribution in [0.5, 0.6) is 0 Å². The molecule has 0 aliphatic carbocycles.